The summed E-state index contributed by atoms with van der Waals surface area (Å²) in [7, 11) is 0. The summed E-state index contributed by atoms with van der Waals surface area (Å²) >= 11 is 0. The third-order valence-electron chi connectivity index (χ3n) is 7.18. The van der Waals surface area contributed by atoms with Gasteiger partial charge in [0.15, 0.2) is 0 Å². The van der Waals surface area contributed by atoms with Crippen molar-refractivity contribution in [2.24, 2.45) is 0 Å². The van der Waals surface area contributed by atoms with Crippen LogP contribution in [0.2, 0.25) is 0 Å². The third kappa shape index (κ3) is 5.97. The summed E-state index contributed by atoms with van der Waals surface area (Å²) in [6.07, 6.45) is 6.24. The molecule has 2 aromatic carbocycles. The number of esters is 1. The molecule has 2 aliphatic heterocycles. The molecule has 1 saturated heterocycles. The fraction of sp³-hybridized carbons (Fsp3) is 0.406. The Morgan fingerprint density at radius 3 is 2.55 bits per heavy atom. The van der Waals surface area contributed by atoms with E-state index in [0.29, 0.717) is 28.9 Å². The molecule has 0 atom stereocenters. The molecule has 1 N–H and O–H groups in total. The van der Waals surface area contributed by atoms with E-state index >= 15 is 0 Å². The average molecular weight is 544 g/mol. The van der Waals surface area contributed by atoms with Gasteiger partial charge in [-0.3, -0.25) is 9.69 Å². The van der Waals surface area contributed by atoms with Gasteiger partial charge in [0.25, 0.3) is 5.91 Å². The van der Waals surface area contributed by atoms with Gasteiger partial charge >= 0.3 is 12.1 Å². The second-order valence-corrected chi connectivity index (χ2v) is 11.4. The minimum absolute atomic E-state index is 0.197. The molecule has 8 nitrogen and oxygen atoms in total. The topological polar surface area (TPSA) is 89.9 Å². The Bertz CT molecular complexity index is 1490. The Hall–Kier alpha value is -3.91. The van der Waals surface area contributed by atoms with Gasteiger partial charge in [-0.1, -0.05) is 12.5 Å². The highest BCUT2D eigenvalue weighted by molar-refractivity contribution is 6.07. The zero-order chi connectivity index (χ0) is 28.4. The first-order valence-electron chi connectivity index (χ1n) is 14.0. The number of hydrogen-bond donors (Lipinski definition) is 1. The van der Waals surface area contributed by atoms with Crippen molar-refractivity contribution in [2.75, 3.05) is 19.7 Å². The molecule has 8 heteroatoms. The van der Waals surface area contributed by atoms with Gasteiger partial charge in [-0.15, -0.1) is 0 Å². The number of hydrogen-bond acceptors (Lipinski definition) is 6. The molecular weight excluding hydrogens is 506 g/mol. The molecule has 0 spiro atoms. The maximum atomic E-state index is 13.6. The van der Waals surface area contributed by atoms with Gasteiger partial charge in [0, 0.05) is 30.1 Å². The number of amides is 1. The van der Waals surface area contributed by atoms with Crippen LogP contribution in [-0.4, -0.2) is 52.7 Å². The van der Waals surface area contributed by atoms with Gasteiger partial charge in [0.05, 0.1) is 23.4 Å². The first-order valence-corrected chi connectivity index (χ1v) is 14.0. The van der Waals surface area contributed by atoms with Crippen LogP contribution in [0.4, 0.5) is 4.79 Å². The van der Waals surface area contributed by atoms with E-state index in [4.69, 9.17) is 9.47 Å². The zero-order valence-corrected chi connectivity index (χ0v) is 23.7. The second-order valence-electron chi connectivity index (χ2n) is 11.4. The first kappa shape index (κ1) is 27.6. The smallest absolute Gasteiger partial charge is 0.419 e. The Labute approximate surface area is 234 Å². The predicted octanol–water partition coefficient (Wildman–Crippen LogP) is 5.90. The van der Waals surface area contributed by atoms with E-state index in [1.807, 2.05) is 45.0 Å². The Morgan fingerprint density at radius 2 is 1.82 bits per heavy atom. The third-order valence-corrected chi connectivity index (χ3v) is 7.18. The number of rotatable bonds is 6. The van der Waals surface area contributed by atoms with Crippen LogP contribution in [0.3, 0.4) is 0 Å². The van der Waals surface area contributed by atoms with Crippen LogP contribution in [0.1, 0.15) is 74.0 Å². The maximum Gasteiger partial charge on any atom is 0.419 e. The van der Waals surface area contributed by atoms with Crippen LogP contribution in [0.25, 0.3) is 28.2 Å². The molecule has 0 radical (unpaired) electrons. The number of benzene rings is 2. The number of carbonyl (C=O) groups is 3. The largest absolute Gasteiger partial charge is 0.463 e. The van der Waals surface area contributed by atoms with Gasteiger partial charge in [0.1, 0.15) is 5.60 Å². The fourth-order valence-corrected chi connectivity index (χ4v) is 5.49. The SMILES string of the molecule is CCOC(=O)C=Cc1cc2c(c(-c3cc4cc(CN5CCCCC5)ccc4n3C(=O)OC(C)(C)C)c1)C(=O)NC2. The molecule has 0 unspecified atom stereocenters. The Morgan fingerprint density at radius 1 is 1.05 bits per heavy atom. The summed E-state index contributed by atoms with van der Waals surface area (Å²) in [5, 5.41) is 3.80. The molecule has 1 amide bonds. The molecule has 0 bridgehead atoms. The molecule has 2 aliphatic rings. The molecule has 0 saturated carbocycles. The van der Waals surface area contributed by atoms with Crippen molar-refractivity contribution in [3.63, 3.8) is 0 Å². The van der Waals surface area contributed by atoms with E-state index in [9.17, 15) is 14.4 Å². The zero-order valence-electron chi connectivity index (χ0n) is 23.7. The van der Waals surface area contributed by atoms with Crippen LogP contribution < -0.4 is 5.32 Å². The van der Waals surface area contributed by atoms with Crippen molar-refractivity contribution in [2.45, 2.75) is 65.6 Å². The summed E-state index contributed by atoms with van der Waals surface area (Å²) in [6, 6.07) is 11.8. The van der Waals surface area contributed by atoms with E-state index in [1.165, 1.54) is 30.9 Å². The van der Waals surface area contributed by atoms with Crippen LogP contribution in [-0.2, 0) is 27.4 Å². The molecular formula is C32H37N3O5. The van der Waals surface area contributed by atoms with Crippen molar-refractivity contribution in [1.82, 2.24) is 14.8 Å². The van der Waals surface area contributed by atoms with E-state index < -0.39 is 17.7 Å². The van der Waals surface area contributed by atoms with Crippen molar-refractivity contribution >= 4 is 34.9 Å². The number of aromatic nitrogens is 1. The van der Waals surface area contributed by atoms with Crippen LogP contribution >= 0.6 is 0 Å². The Balaban J connectivity index is 1.64. The number of ether oxygens (including phenoxy) is 2. The average Bonchev–Trinajstić information content (AvgIpc) is 3.47. The van der Waals surface area contributed by atoms with Gasteiger partial charge in [-0.25, -0.2) is 14.2 Å². The van der Waals surface area contributed by atoms with E-state index in [-0.39, 0.29) is 12.5 Å². The van der Waals surface area contributed by atoms with Gasteiger partial charge in [0.2, 0.25) is 0 Å². The van der Waals surface area contributed by atoms with Crippen molar-refractivity contribution in [1.29, 1.82) is 0 Å². The standard InChI is InChI=1S/C32H37N3O5/c1-5-39-28(36)12-10-21-15-24-19-33-30(37)29(24)25(17-21)27-18-23-16-22(20-34-13-7-6-8-14-34)9-11-26(23)35(27)31(38)40-32(2,3)4/h9-12,15-18H,5-8,13-14,19-20H2,1-4H3,(H,33,37). The molecule has 3 heterocycles. The number of piperidine rings is 1. The summed E-state index contributed by atoms with van der Waals surface area (Å²) in [5.41, 5.74) is 4.41. The number of fused-ring (bicyclic) bond motifs is 2. The van der Waals surface area contributed by atoms with E-state index in [0.717, 1.165) is 36.1 Å². The summed E-state index contributed by atoms with van der Waals surface area (Å²) < 4.78 is 12.4. The predicted molar refractivity (Wildman–Crippen MR) is 155 cm³/mol. The monoisotopic (exact) mass is 543 g/mol. The van der Waals surface area contributed by atoms with E-state index in [2.05, 4.69) is 22.3 Å². The number of carbonyl (C=O) groups excluding carboxylic acids is 3. The number of nitrogens with zero attached hydrogens (tertiary/aromatic N) is 2. The molecule has 1 aromatic heterocycles. The Kier molecular flexibility index (Phi) is 7.81. The van der Waals surface area contributed by atoms with Crippen LogP contribution in [0, 0.1) is 0 Å². The highest BCUT2D eigenvalue weighted by Gasteiger charge is 2.29. The quantitative estimate of drug-likeness (QED) is 0.308. The van der Waals surface area contributed by atoms with Crippen LogP contribution in [0.15, 0.2) is 42.5 Å². The maximum absolute atomic E-state index is 13.6. The van der Waals surface area contributed by atoms with Gasteiger partial charge in [-0.2, -0.15) is 0 Å². The number of nitrogens with one attached hydrogen (secondary N) is 1. The molecule has 40 heavy (non-hydrogen) atoms. The molecule has 210 valence electrons. The molecule has 5 rings (SSSR count). The lowest BCUT2D eigenvalue weighted by atomic mass is 9.96. The van der Waals surface area contributed by atoms with E-state index in [1.54, 1.807) is 17.6 Å². The summed E-state index contributed by atoms with van der Waals surface area (Å²) in [6.45, 7) is 10.9. The van der Waals surface area contributed by atoms with Crippen molar-refractivity contribution < 1.29 is 23.9 Å². The lowest BCUT2D eigenvalue weighted by molar-refractivity contribution is -0.137. The summed E-state index contributed by atoms with van der Waals surface area (Å²) in [5.74, 6) is -0.638. The van der Waals surface area contributed by atoms with Crippen molar-refractivity contribution in [3.8, 4) is 11.3 Å². The van der Waals surface area contributed by atoms with Gasteiger partial charge < -0.3 is 14.8 Å². The lowest BCUT2D eigenvalue weighted by Gasteiger charge is -2.26. The lowest BCUT2D eigenvalue weighted by Crippen LogP contribution is -2.29. The second kappa shape index (κ2) is 11.3. The minimum atomic E-state index is -0.706. The van der Waals surface area contributed by atoms with Crippen molar-refractivity contribution in [3.05, 3.63) is 64.7 Å². The molecule has 0 aliphatic carbocycles. The molecule has 1 fully saturated rings. The van der Waals surface area contributed by atoms with Crippen LogP contribution in [0.5, 0.6) is 0 Å². The highest BCUT2D eigenvalue weighted by Crippen LogP contribution is 2.36. The minimum Gasteiger partial charge on any atom is -0.463 e. The number of likely N-dealkylation sites (tertiary alicyclic amines) is 1. The summed E-state index contributed by atoms with van der Waals surface area (Å²) in [4.78, 5) is 41.1. The van der Waals surface area contributed by atoms with Gasteiger partial charge in [-0.05, 0) is 107 Å². The normalized spacial score (nSPS) is 15.8. The first-order chi connectivity index (χ1) is 19.1. The molecule has 3 aromatic rings. The fourth-order valence-electron chi connectivity index (χ4n) is 5.49. The highest BCUT2D eigenvalue weighted by atomic mass is 16.6.